The third-order valence-corrected chi connectivity index (χ3v) is 4.83. The molecular formula is C24H17IrN2-. The van der Waals surface area contributed by atoms with E-state index in [4.69, 9.17) is 0 Å². The second-order valence-electron chi connectivity index (χ2n) is 6.45. The van der Waals surface area contributed by atoms with Crippen molar-refractivity contribution >= 4 is 17.1 Å². The SMILES string of the molecule is [Ir].[c-]1ccc(N2c3ccccc3Cc3ccccc32)cc1-c1ccccn1. The van der Waals surface area contributed by atoms with Crippen LogP contribution in [0.1, 0.15) is 11.1 Å². The minimum Gasteiger partial charge on any atom is -0.328 e. The molecule has 0 atom stereocenters. The Labute approximate surface area is 172 Å². The van der Waals surface area contributed by atoms with Crippen LogP contribution in [0.25, 0.3) is 11.3 Å². The number of aromatic nitrogens is 1. The van der Waals surface area contributed by atoms with E-state index in [9.17, 15) is 0 Å². The van der Waals surface area contributed by atoms with Crippen LogP contribution in [-0.4, -0.2) is 4.98 Å². The van der Waals surface area contributed by atoms with E-state index < -0.39 is 0 Å². The number of rotatable bonds is 2. The van der Waals surface area contributed by atoms with Gasteiger partial charge in [0.2, 0.25) is 0 Å². The zero-order valence-corrected chi connectivity index (χ0v) is 17.0. The van der Waals surface area contributed by atoms with Crippen LogP contribution in [0.3, 0.4) is 0 Å². The largest absolute Gasteiger partial charge is 0.328 e. The smallest absolute Gasteiger partial charge is 0.0479 e. The van der Waals surface area contributed by atoms with Gasteiger partial charge in [-0.05, 0) is 40.7 Å². The molecule has 3 aromatic carbocycles. The van der Waals surface area contributed by atoms with Gasteiger partial charge < -0.3 is 9.88 Å². The minimum atomic E-state index is 0. The first-order valence-corrected chi connectivity index (χ1v) is 8.79. The molecule has 4 aromatic rings. The van der Waals surface area contributed by atoms with E-state index >= 15 is 0 Å². The van der Waals surface area contributed by atoms with E-state index in [1.807, 2.05) is 30.5 Å². The second-order valence-corrected chi connectivity index (χ2v) is 6.45. The van der Waals surface area contributed by atoms with Gasteiger partial charge in [0, 0.05) is 44.1 Å². The van der Waals surface area contributed by atoms with Crippen LogP contribution in [0.5, 0.6) is 0 Å². The van der Waals surface area contributed by atoms with Gasteiger partial charge in [-0.25, -0.2) is 0 Å². The van der Waals surface area contributed by atoms with Crippen LogP contribution < -0.4 is 4.90 Å². The number of nitrogens with zero attached hydrogens (tertiary/aromatic N) is 2. The van der Waals surface area contributed by atoms with E-state index in [0.717, 1.165) is 23.4 Å². The fourth-order valence-corrected chi connectivity index (χ4v) is 3.63. The second kappa shape index (κ2) is 7.48. The molecule has 1 radical (unpaired) electrons. The van der Waals surface area contributed by atoms with Crippen LogP contribution >= 0.6 is 0 Å². The predicted octanol–water partition coefficient (Wildman–Crippen LogP) is 5.92. The maximum Gasteiger partial charge on any atom is 0.0479 e. The summed E-state index contributed by atoms with van der Waals surface area (Å²) in [4.78, 5) is 6.82. The summed E-state index contributed by atoms with van der Waals surface area (Å²) in [6.45, 7) is 0. The van der Waals surface area contributed by atoms with E-state index in [1.54, 1.807) is 0 Å². The summed E-state index contributed by atoms with van der Waals surface area (Å²) in [5.41, 5.74) is 8.24. The monoisotopic (exact) mass is 526 g/mol. The first kappa shape index (κ1) is 17.7. The van der Waals surface area contributed by atoms with E-state index in [2.05, 4.69) is 76.6 Å². The van der Waals surface area contributed by atoms with Gasteiger partial charge in [0.15, 0.2) is 0 Å². The van der Waals surface area contributed by atoms with Gasteiger partial charge in [0.1, 0.15) is 0 Å². The van der Waals surface area contributed by atoms with Crippen molar-refractivity contribution in [2.45, 2.75) is 6.42 Å². The summed E-state index contributed by atoms with van der Waals surface area (Å²) in [6, 6.07) is 32.8. The maximum absolute atomic E-state index is 4.47. The number of hydrogen-bond acceptors (Lipinski definition) is 2. The third kappa shape index (κ3) is 3.21. The molecule has 2 nitrogen and oxygen atoms in total. The predicted molar refractivity (Wildman–Crippen MR) is 106 cm³/mol. The van der Waals surface area contributed by atoms with Crippen molar-refractivity contribution in [3.63, 3.8) is 0 Å². The fourth-order valence-electron chi connectivity index (χ4n) is 3.63. The third-order valence-electron chi connectivity index (χ3n) is 4.83. The standard InChI is InChI=1S/C24H17N2.Ir/c1-3-13-23-19(8-1)16-20-9-2-4-14-24(20)26(23)21-11-7-10-18(17-21)22-12-5-6-15-25-22;/h1-9,11-15,17H,16H2;/q-1;. The Hall–Kier alpha value is -2.74. The Morgan fingerprint density at radius 1 is 0.778 bits per heavy atom. The van der Waals surface area contributed by atoms with Crippen molar-refractivity contribution < 1.29 is 20.1 Å². The van der Waals surface area contributed by atoms with Gasteiger partial charge >= 0.3 is 0 Å². The van der Waals surface area contributed by atoms with Crippen molar-refractivity contribution in [2.75, 3.05) is 4.90 Å². The first-order chi connectivity index (χ1) is 12.9. The van der Waals surface area contributed by atoms with Crippen LogP contribution in [0.4, 0.5) is 17.1 Å². The molecule has 3 heteroatoms. The van der Waals surface area contributed by atoms with Crippen molar-refractivity contribution in [1.29, 1.82) is 0 Å². The van der Waals surface area contributed by atoms with Crippen molar-refractivity contribution in [3.05, 3.63) is 108 Å². The molecule has 0 aliphatic carbocycles. The molecule has 0 saturated heterocycles. The normalized spacial score (nSPS) is 11.9. The average Bonchev–Trinajstić information content (AvgIpc) is 2.72. The molecule has 27 heavy (non-hydrogen) atoms. The Morgan fingerprint density at radius 2 is 1.44 bits per heavy atom. The number of hydrogen-bond donors (Lipinski definition) is 0. The van der Waals surface area contributed by atoms with Gasteiger partial charge in [0.05, 0.1) is 0 Å². The summed E-state index contributed by atoms with van der Waals surface area (Å²) < 4.78 is 0. The summed E-state index contributed by atoms with van der Waals surface area (Å²) in [5, 5.41) is 0. The van der Waals surface area contributed by atoms with Crippen LogP contribution in [0.15, 0.2) is 91.1 Å². The number of benzene rings is 3. The maximum atomic E-state index is 4.47. The van der Waals surface area contributed by atoms with Gasteiger partial charge in [-0.2, -0.15) is 0 Å². The van der Waals surface area contributed by atoms with Gasteiger partial charge in [-0.3, -0.25) is 0 Å². The molecule has 1 aliphatic heterocycles. The molecule has 2 heterocycles. The van der Waals surface area contributed by atoms with E-state index in [-0.39, 0.29) is 20.1 Å². The van der Waals surface area contributed by atoms with E-state index in [0.29, 0.717) is 0 Å². The summed E-state index contributed by atoms with van der Waals surface area (Å²) >= 11 is 0. The molecule has 0 saturated carbocycles. The molecule has 0 fully saturated rings. The van der Waals surface area contributed by atoms with Crippen LogP contribution in [0, 0.1) is 6.07 Å². The van der Waals surface area contributed by atoms with E-state index in [1.165, 1.54) is 22.5 Å². The summed E-state index contributed by atoms with van der Waals surface area (Å²) in [7, 11) is 0. The zero-order chi connectivity index (χ0) is 17.3. The molecule has 0 amide bonds. The van der Waals surface area contributed by atoms with Gasteiger partial charge in [-0.15, -0.1) is 29.8 Å². The van der Waals surface area contributed by atoms with Gasteiger partial charge in [-0.1, -0.05) is 48.5 Å². The molecule has 1 aromatic heterocycles. The van der Waals surface area contributed by atoms with Crippen molar-refractivity contribution in [2.24, 2.45) is 0 Å². The van der Waals surface area contributed by atoms with Crippen molar-refractivity contribution in [3.8, 4) is 11.3 Å². The summed E-state index contributed by atoms with van der Waals surface area (Å²) in [6.07, 6.45) is 2.79. The first-order valence-electron chi connectivity index (χ1n) is 8.79. The Morgan fingerprint density at radius 3 is 2.11 bits per heavy atom. The number of para-hydroxylation sites is 2. The molecule has 133 valence electrons. The zero-order valence-electron chi connectivity index (χ0n) is 14.6. The van der Waals surface area contributed by atoms with Crippen molar-refractivity contribution in [1.82, 2.24) is 4.98 Å². The molecule has 0 bridgehead atoms. The molecule has 5 rings (SSSR count). The molecule has 0 N–H and O–H groups in total. The fraction of sp³-hybridized carbons (Fsp3) is 0.0417. The topological polar surface area (TPSA) is 16.1 Å². The Balaban J connectivity index is 0.00000180. The van der Waals surface area contributed by atoms with Gasteiger partial charge in [0.25, 0.3) is 0 Å². The van der Waals surface area contributed by atoms with Crippen LogP contribution in [0.2, 0.25) is 0 Å². The number of fused-ring (bicyclic) bond motifs is 2. The quantitative estimate of drug-likeness (QED) is 0.266. The summed E-state index contributed by atoms with van der Waals surface area (Å²) in [5.74, 6) is 0. The Kier molecular flexibility index (Phi) is 4.89. The number of pyridine rings is 1. The molecule has 1 aliphatic rings. The molecule has 0 unspecified atom stereocenters. The van der Waals surface area contributed by atoms with Crippen LogP contribution in [-0.2, 0) is 26.5 Å². The Bertz CT molecular complexity index is 1030. The average molecular weight is 526 g/mol. The number of anilines is 3. The molecular weight excluding hydrogens is 508 g/mol. The minimum absolute atomic E-state index is 0. The molecule has 0 spiro atoms.